The molecular weight excluding hydrogens is 404 g/mol. The van der Waals surface area contributed by atoms with E-state index in [1.807, 2.05) is 62.4 Å². The van der Waals surface area contributed by atoms with E-state index in [0.29, 0.717) is 23.7 Å². The monoisotopic (exact) mass is 426 g/mol. The first-order valence-electron chi connectivity index (χ1n) is 10.2. The van der Waals surface area contributed by atoms with E-state index in [0.717, 1.165) is 16.9 Å². The van der Waals surface area contributed by atoms with Crippen LogP contribution in [0.3, 0.4) is 0 Å². The predicted molar refractivity (Wildman–Crippen MR) is 124 cm³/mol. The second kappa shape index (κ2) is 8.89. The molecule has 0 fully saturated rings. The highest BCUT2D eigenvalue weighted by atomic mass is 16.5. The van der Waals surface area contributed by atoms with Crippen molar-refractivity contribution in [1.82, 2.24) is 0 Å². The number of nitrogens with zero attached hydrogens (tertiary/aromatic N) is 2. The minimum Gasteiger partial charge on any atom is -0.494 e. The quantitative estimate of drug-likeness (QED) is 0.567. The normalized spacial score (nSPS) is 14.6. The molecule has 1 aliphatic rings. The first-order valence-corrected chi connectivity index (χ1v) is 10.2. The van der Waals surface area contributed by atoms with Crippen LogP contribution in [-0.2, 0) is 4.79 Å². The Morgan fingerprint density at radius 1 is 1.06 bits per heavy atom. The maximum absolute atomic E-state index is 13.4. The van der Waals surface area contributed by atoms with Gasteiger partial charge in [-0.3, -0.25) is 9.69 Å². The van der Waals surface area contributed by atoms with E-state index in [-0.39, 0.29) is 17.2 Å². The number of carbonyl (C=O) groups excluding carboxylic acids is 1. The third-order valence-corrected chi connectivity index (χ3v) is 5.00. The molecule has 3 aromatic rings. The van der Waals surface area contributed by atoms with Crippen LogP contribution in [0.5, 0.6) is 5.75 Å². The Bertz CT molecular complexity index is 1230. The van der Waals surface area contributed by atoms with Crippen LogP contribution in [0, 0.1) is 6.92 Å². The van der Waals surface area contributed by atoms with E-state index in [9.17, 15) is 9.59 Å². The summed E-state index contributed by atoms with van der Waals surface area (Å²) in [6.45, 7) is 4.47. The Morgan fingerprint density at radius 3 is 2.41 bits per heavy atom. The Morgan fingerprint density at radius 2 is 1.78 bits per heavy atom. The molecule has 0 unspecified atom stereocenters. The highest BCUT2D eigenvalue weighted by Crippen LogP contribution is 2.29. The fourth-order valence-electron chi connectivity index (χ4n) is 3.47. The molecule has 0 spiro atoms. The third-order valence-electron chi connectivity index (χ3n) is 5.00. The van der Waals surface area contributed by atoms with Crippen molar-refractivity contribution in [3.8, 4) is 5.75 Å². The van der Waals surface area contributed by atoms with Gasteiger partial charge in [0.25, 0.3) is 5.91 Å². The zero-order valence-corrected chi connectivity index (χ0v) is 17.8. The number of carboxylic acids is 1. The van der Waals surface area contributed by atoms with E-state index in [4.69, 9.17) is 9.84 Å². The largest absolute Gasteiger partial charge is 0.494 e. The summed E-state index contributed by atoms with van der Waals surface area (Å²) in [6, 6.07) is 21.5. The van der Waals surface area contributed by atoms with Gasteiger partial charge in [0.1, 0.15) is 17.3 Å². The van der Waals surface area contributed by atoms with Crippen molar-refractivity contribution in [1.29, 1.82) is 0 Å². The van der Waals surface area contributed by atoms with Crippen LogP contribution in [0.4, 0.5) is 5.69 Å². The summed E-state index contributed by atoms with van der Waals surface area (Å²) in [4.78, 5) is 30.7. The van der Waals surface area contributed by atoms with Gasteiger partial charge in [0.15, 0.2) is 0 Å². The van der Waals surface area contributed by atoms with Gasteiger partial charge in [-0.15, -0.1) is 0 Å². The Kier molecular flexibility index (Phi) is 5.85. The smallest absolute Gasteiger partial charge is 0.335 e. The molecule has 1 heterocycles. The summed E-state index contributed by atoms with van der Waals surface area (Å²) in [5.41, 5.74) is 3.73. The molecule has 6 heteroatoms. The molecule has 1 amide bonds. The number of aromatic carboxylic acids is 1. The lowest BCUT2D eigenvalue weighted by Crippen LogP contribution is -2.32. The zero-order chi connectivity index (χ0) is 22.7. The number of hydrogen-bond acceptors (Lipinski definition) is 4. The molecule has 0 radical (unpaired) electrons. The van der Waals surface area contributed by atoms with Crippen molar-refractivity contribution in [2.45, 2.75) is 13.8 Å². The molecule has 1 N–H and O–H groups in total. The van der Waals surface area contributed by atoms with Gasteiger partial charge in [-0.05, 0) is 68.0 Å². The van der Waals surface area contributed by atoms with Crippen LogP contribution in [-0.4, -0.2) is 29.4 Å². The molecular formula is C26H22N2O4. The number of rotatable bonds is 6. The van der Waals surface area contributed by atoms with Crippen LogP contribution < -0.4 is 9.64 Å². The van der Waals surface area contributed by atoms with Gasteiger partial charge in [0.05, 0.1) is 17.9 Å². The molecule has 0 aromatic heterocycles. The van der Waals surface area contributed by atoms with E-state index < -0.39 is 5.97 Å². The van der Waals surface area contributed by atoms with E-state index in [1.165, 1.54) is 12.1 Å². The molecule has 32 heavy (non-hydrogen) atoms. The van der Waals surface area contributed by atoms with Gasteiger partial charge in [-0.25, -0.2) is 9.79 Å². The van der Waals surface area contributed by atoms with Crippen molar-refractivity contribution in [3.63, 3.8) is 0 Å². The molecule has 160 valence electrons. The molecule has 0 aliphatic carbocycles. The van der Waals surface area contributed by atoms with Gasteiger partial charge < -0.3 is 9.84 Å². The van der Waals surface area contributed by atoms with Crippen LogP contribution in [0.15, 0.2) is 83.5 Å². The van der Waals surface area contributed by atoms with Crippen molar-refractivity contribution < 1.29 is 19.4 Å². The van der Waals surface area contributed by atoms with E-state index in [1.54, 1.807) is 23.1 Å². The third kappa shape index (κ3) is 4.30. The van der Waals surface area contributed by atoms with Gasteiger partial charge in [0, 0.05) is 5.56 Å². The topological polar surface area (TPSA) is 79.2 Å². The summed E-state index contributed by atoms with van der Waals surface area (Å²) in [6.07, 6.45) is 1.67. The van der Waals surface area contributed by atoms with Crippen molar-refractivity contribution in [3.05, 3.63) is 101 Å². The van der Waals surface area contributed by atoms with Gasteiger partial charge in [-0.1, -0.05) is 35.9 Å². The number of anilines is 1. The number of benzene rings is 3. The van der Waals surface area contributed by atoms with Crippen LogP contribution in [0.2, 0.25) is 0 Å². The molecule has 3 aromatic carbocycles. The fraction of sp³-hybridized carbons (Fsp3) is 0.115. The maximum atomic E-state index is 13.4. The standard InChI is InChI=1S/C26H22N2O4/c1-3-32-22-13-11-21(12-14-22)28-24(20-6-4-5-17(2)15-20)27-23(25(28)29)16-18-7-9-19(10-8-18)26(30)31/h4-16H,3H2,1-2H3,(H,30,31)/b23-16+. The van der Waals surface area contributed by atoms with Crippen LogP contribution in [0.1, 0.15) is 34.0 Å². The lowest BCUT2D eigenvalue weighted by Gasteiger charge is -2.19. The number of carboxylic acid groups (broad SMARTS) is 1. The number of amides is 1. The first-order chi connectivity index (χ1) is 15.5. The average Bonchev–Trinajstić information content (AvgIpc) is 3.11. The number of carbonyl (C=O) groups is 2. The summed E-state index contributed by atoms with van der Waals surface area (Å²) >= 11 is 0. The fourth-order valence-corrected chi connectivity index (χ4v) is 3.47. The average molecular weight is 426 g/mol. The van der Waals surface area contributed by atoms with Gasteiger partial charge in [0.2, 0.25) is 0 Å². The Labute approximate surface area is 186 Å². The van der Waals surface area contributed by atoms with Crippen molar-refractivity contribution in [2.75, 3.05) is 11.5 Å². The van der Waals surface area contributed by atoms with Gasteiger partial charge in [-0.2, -0.15) is 0 Å². The zero-order valence-electron chi connectivity index (χ0n) is 17.8. The second-order valence-electron chi connectivity index (χ2n) is 7.33. The molecule has 0 bridgehead atoms. The molecule has 6 nitrogen and oxygen atoms in total. The molecule has 0 saturated carbocycles. The summed E-state index contributed by atoms with van der Waals surface area (Å²) in [5.74, 6) is 0.0121. The SMILES string of the molecule is CCOc1ccc(N2C(=O)/C(=C\c3ccc(C(=O)O)cc3)N=C2c2cccc(C)c2)cc1. The number of hydrogen-bond donors (Lipinski definition) is 1. The lowest BCUT2D eigenvalue weighted by atomic mass is 10.1. The minimum atomic E-state index is -0.998. The van der Waals surface area contributed by atoms with Crippen molar-refractivity contribution in [2.24, 2.45) is 4.99 Å². The van der Waals surface area contributed by atoms with Crippen LogP contribution in [0.25, 0.3) is 6.08 Å². The van der Waals surface area contributed by atoms with E-state index in [2.05, 4.69) is 4.99 Å². The highest BCUT2D eigenvalue weighted by Gasteiger charge is 2.32. The Hall–Kier alpha value is -4.19. The van der Waals surface area contributed by atoms with Crippen molar-refractivity contribution >= 4 is 29.5 Å². The second-order valence-corrected chi connectivity index (χ2v) is 7.33. The molecule has 0 atom stereocenters. The molecule has 0 saturated heterocycles. The number of amidine groups is 1. The summed E-state index contributed by atoms with van der Waals surface area (Å²) < 4.78 is 5.52. The maximum Gasteiger partial charge on any atom is 0.335 e. The summed E-state index contributed by atoms with van der Waals surface area (Å²) in [7, 11) is 0. The highest BCUT2D eigenvalue weighted by molar-refractivity contribution is 6.33. The summed E-state index contributed by atoms with van der Waals surface area (Å²) in [5, 5.41) is 9.09. The van der Waals surface area contributed by atoms with E-state index >= 15 is 0 Å². The lowest BCUT2D eigenvalue weighted by molar-refractivity contribution is -0.113. The molecule has 1 aliphatic heterocycles. The number of aliphatic imine (C=N–C) groups is 1. The van der Waals surface area contributed by atoms with Crippen LogP contribution >= 0.6 is 0 Å². The minimum absolute atomic E-state index is 0.185. The number of ether oxygens (including phenoxy) is 1. The Balaban J connectivity index is 1.76. The van der Waals surface area contributed by atoms with Gasteiger partial charge >= 0.3 is 5.97 Å². The first kappa shape index (κ1) is 21.1. The molecule has 4 rings (SSSR count). The predicted octanol–water partition coefficient (Wildman–Crippen LogP) is 4.93. The number of aryl methyl sites for hydroxylation is 1.